The summed E-state index contributed by atoms with van der Waals surface area (Å²) in [5, 5.41) is 1.05. The van der Waals surface area contributed by atoms with Gasteiger partial charge in [0.05, 0.1) is 25.0 Å². The van der Waals surface area contributed by atoms with E-state index in [0.717, 1.165) is 52.0 Å². The zero-order chi connectivity index (χ0) is 17.2. The summed E-state index contributed by atoms with van der Waals surface area (Å²) < 4.78 is 11.3. The molecule has 2 heterocycles. The summed E-state index contributed by atoms with van der Waals surface area (Å²) in [5.41, 5.74) is 3.07. The van der Waals surface area contributed by atoms with E-state index in [0.29, 0.717) is 6.61 Å². The minimum absolute atomic E-state index is 0.181. The molecule has 3 rings (SSSR count). The van der Waals surface area contributed by atoms with Crippen molar-refractivity contribution in [1.29, 1.82) is 0 Å². The number of thioether (sulfide) groups is 1. The molecule has 24 heavy (non-hydrogen) atoms. The summed E-state index contributed by atoms with van der Waals surface area (Å²) in [4.78, 5) is 9.70. The molecule has 0 saturated carbocycles. The summed E-state index contributed by atoms with van der Waals surface area (Å²) in [6, 6.07) is 7.93. The Morgan fingerprint density at radius 1 is 1.29 bits per heavy atom. The summed E-state index contributed by atoms with van der Waals surface area (Å²) in [7, 11) is 1.68. The van der Waals surface area contributed by atoms with Crippen molar-refractivity contribution in [2.75, 3.05) is 12.9 Å². The van der Waals surface area contributed by atoms with E-state index in [-0.39, 0.29) is 5.60 Å². The molecule has 0 spiro atoms. The van der Waals surface area contributed by atoms with Crippen molar-refractivity contribution in [2.45, 2.75) is 50.8 Å². The van der Waals surface area contributed by atoms with Crippen LogP contribution in [0.25, 0.3) is 11.4 Å². The minimum Gasteiger partial charge on any atom is -0.497 e. The van der Waals surface area contributed by atoms with Gasteiger partial charge in [0.2, 0.25) is 0 Å². The number of ether oxygens (including phenoxy) is 2. The smallest absolute Gasteiger partial charge is 0.160 e. The molecule has 0 radical (unpaired) electrons. The predicted octanol–water partition coefficient (Wildman–Crippen LogP) is 4.51. The molecule has 0 saturated heterocycles. The van der Waals surface area contributed by atoms with Crippen LogP contribution in [-0.2, 0) is 17.8 Å². The van der Waals surface area contributed by atoms with E-state index in [4.69, 9.17) is 19.4 Å². The molecule has 2 aromatic rings. The van der Waals surface area contributed by atoms with E-state index < -0.39 is 0 Å². The quantitative estimate of drug-likeness (QED) is 0.590. The maximum atomic E-state index is 5.98. The topological polar surface area (TPSA) is 44.2 Å². The van der Waals surface area contributed by atoms with Gasteiger partial charge in [0, 0.05) is 17.5 Å². The Hall–Kier alpha value is -1.59. The van der Waals surface area contributed by atoms with E-state index in [2.05, 4.69) is 20.8 Å². The molecule has 0 amide bonds. The Kier molecular flexibility index (Phi) is 5.11. The lowest BCUT2D eigenvalue weighted by Crippen LogP contribution is -2.33. The van der Waals surface area contributed by atoms with Crippen LogP contribution in [-0.4, -0.2) is 28.4 Å². The number of rotatable bonds is 5. The van der Waals surface area contributed by atoms with Gasteiger partial charge in [-0.05, 0) is 38.2 Å². The fraction of sp³-hybridized carbons (Fsp3) is 0.474. The second kappa shape index (κ2) is 7.11. The Bertz CT molecular complexity index is 731. The number of fused-ring (bicyclic) bond motifs is 1. The molecule has 0 fully saturated rings. The number of aromatic nitrogens is 2. The zero-order valence-corrected chi connectivity index (χ0v) is 15.6. The van der Waals surface area contributed by atoms with E-state index in [1.165, 1.54) is 0 Å². The molecule has 128 valence electrons. The van der Waals surface area contributed by atoms with Crippen molar-refractivity contribution in [3.63, 3.8) is 0 Å². The molecular formula is C19H24N2O2S. The SMILES string of the molecule is CCCSc1nc(-c2cccc(OC)c2)nc2c1COC(C)(C)C2. The highest BCUT2D eigenvalue weighted by Gasteiger charge is 2.30. The van der Waals surface area contributed by atoms with Gasteiger partial charge in [0.1, 0.15) is 10.8 Å². The van der Waals surface area contributed by atoms with Gasteiger partial charge in [-0.3, -0.25) is 0 Å². The van der Waals surface area contributed by atoms with Crippen LogP contribution >= 0.6 is 11.8 Å². The summed E-state index contributed by atoms with van der Waals surface area (Å²) in [6.45, 7) is 7.00. The van der Waals surface area contributed by atoms with Gasteiger partial charge in [-0.15, -0.1) is 11.8 Å². The molecule has 1 aromatic heterocycles. The van der Waals surface area contributed by atoms with Gasteiger partial charge in [-0.2, -0.15) is 0 Å². The Morgan fingerprint density at radius 2 is 2.12 bits per heavy atom. The lowest BCUT2D eigenvalue weighted by Gasteiger charge is -2.32. The standard InChI is InChI=1S/C19H24N2O2S/c1-5-9-24-18-15-12-23-19(2,3)11-16(15)20-17(21-18)13-7-6-8-14(10-13)22-4/h6-8,10H,5,9,11-12H2,1-4H3. The largest absolute Gasteiger partial charge is 0.497 e. The maximum Gasteiger partial charge on any atom is 0.160 e. The molecule has 4 nitrogen and oxygen atoms in total. The minimum atomic E-state index is -0.181. The number of benzene rings is 1. The summed E-state index contributed by atoms with van der Waals surface area (Å²) in [5.74, 6) is 2.63. The second-order valence-corrected chi connectivity index (χ2v) is 7.67. The Labute approximate surface area is 148 Å². The molecule has 1 aliphatic heterocycles. The van der Waals surface area contributed by atoms with Gasteiger partial charge >= 0.3 is 0 Å². The van der Waals surface area contributed by atoms with Crippen molar-refractivity contribution >= 4 is 11.8 Å². The first kappa shape index (κ1) is 17.2. The molecule has 0 atom stereocenters. The first-order valence-electron chi connectivity index (χ1n) is 8.33. The highest BCUT2D eigenvalue weighted by atomic mass is 32.2. The van der Waals surface area contributed by atoms with E-state index in [9.17, 15) is 0 Å². The van der Waals surface area contributed by atoms with Crippen molar-refractivity contribution in [3.05, 3.63) is 35.5 Å². The molecule has 1 aromatic carbocycles. The molecule has 1 aliphatic rings. The van der Waals surface area contributed by atoms with Gasteiger partial charge in [-0.1, -0.05) is 19.1 Å². The third-order valence-corrected chi connectivity index (χ3v) is 5.25. The second-order valence-electron chi connectivity index (χ2n) is 6.58. The summed E-state index contributed by atoms with van der Waals surface area (Å²) in [6.07, 6.45) is 1.92. The highest BCUT2D eigenvalue weighted by Crippen LogP contribution is 2.34. The zero-order valence-electron chi connectivity index (χ0n) is 14.8. The fourth-order valence-corrected chi connectivity index (χ4v) is 3.63. The number of hydrogen-bond donors (Lipinski definition) is 0. The third-order valence-electron chi connectivity index (χ3n) is 4.03. The van der Waals surface area contributed by atoms with Crippen LogP contribution in [0.1, 0.15) is 38.4 Å². The van der Waals surface area contributed by atoms with E-state index in [1.807, 2.05) is 24.3 Å². The number of methoxy groups -OCH3 is 1. The van der Waals surface area contributed by atoms with Gasteiger partial charge in [0.25, 0.3) is 0 Å². The average molecular weight is 344 g/mol. The lowest BCUT2D eigenvalue weighted by atomic mass is 9.96. The number of hydrogen-bond acceptors (Lipinski definition) is 5. The summed E-state index contributed by atoms with van der Waals surface area (Å²) >= 11 is 1.79. The first-order chi connectivity index (χ1) is 11.5. The first-order valence-corrected chi connectivity index (χ1v) is 9.32. The van der Waals surface area contributed by atoms with Crippen LogP contribution in [0.2, 0.25) is 0 Å². The molecule has 0 aliphatic carbocycles. The maximum absolute atomic E-state index is 5.98. The van der Waals surface area contributed by atoms with Crippen LogP contribution in [0.4, 0.5) is 0 Å². The highest BCUT2D eigenvalue weighted by molar-refractivity contribution is 7.99. The van der Waals surface area contributed by atoms with Crippen LogP contribution in [0.3, 0.4) is 0 Å². The van der Waals surface area contributed by atoms with Crippen molar-refractivity contribution in [2.24, 2.45) is 0 Å². The monoisotopic (exact) mass is 344 g/mol. The van der Waals surface area contributed by atoms with Gasteiger partial charge in [0.15, 0.2) is 5.82 Å². The average Bonchev–Trinajstić information content (AvgIpc) is 2.58. The lowest BCUT2D eigenvalue weighted by molar-refractivity contribution is -0.0428. The fourth-order valence-electron chi connectivity index (χ4n) is 2.73. The van der Waals surface area contributed by atoms with Crippen LogP contribution in [0, 0.1) is 0 Å². The van der Waals surface area contributed by atoms with E-state index >= 15 is 0 Å². The molecule has 5 heteroatoms. The normalized spacial score (nSPS) is 15.8. The molecular weight excluding hydrogens is 320 g/mol. The van der Waals surface area contributed by atoms with Gasteiger partial charge in [-0.25, -0.2) is 9.97 Å². The van der Waals surface area contributed by atoms with Crippen LogP contribution in [0.5, 0.6) is 5.75 Å². The van der Waals surface area contributed by atoms with Crippen molar-refractivity contribution in [3.8, 4) is 17.1 Å². The molecule has 0 bridgehead atoms. The Morgan fingerprint density at radius 3 is 2.88 bits per heavy atom. The molecule has 0 N–H and O–H groups in total. The van der Waals surface area contributed by atoms with Gasteiger partial charge < -0.3 is 9.47 Å². The molecule has 0 unspecified atom stereocenters. The third kappa shape index (κ3) is 3.73. The van der Waals surface area contributed by atoms with Crippen molar-refractivity contribution in [1.82, 2.24) is 9.97 Å². The predicted molar refractivity (Wildman–Crippen MR) is 97.6 cm³/mol. The van der Waals surface area contributed by atoms with E-state index in [1.54, 1.807) is 18.9 Å². The van der Waals surface area contributed by atoms with Crippen LogP contribution in [0.15, 0.2) is 29.3 Å². The Balaban J connectivity index is 2.06. The number of nitrogens with zero attached hydrogens (tertiary/aromatic N) is 2. The van der Waals surface area contributed by atoms with Crippen LogP contribution < -0.4 is 4.74 Å². The van der Waals surface area contributed by atoms with Crippen molar-refractivity contribution < 1.29 is 9.47 Å².